The second-order valence-corrected chi connectivity index (χ2v) is 8.58. The molecule has 9 heteroatoms. The number of hydrogen-bond acceptors (Lipinski definition) is 7. The number of aromatic nitrogens is 4. The van der Waals surface area contributed by atoms with Gasteiger partial charge in [0.2, 0.25) is 5.91 Å². The molecule has 0 aliphatic heterocycles. The van der Waals surface area contributed by atoms with Crippen LogP contribution in [-0.2, 0) is 11.3 Å². The summed E-state index contributed by atoms with van der Waals surface area (Å²) >= 11 is 0. The highest BCUT2D eigenvalue weighted by Crippen LogP contribution is 2.33. The molecule has 4 N–H and O–H groups in total. The Balaban J connectivity index is 1.37. The van der Waals surface area contributed by atoms with Crippen LogP contribution < -0.4 is 16.4 Å². The van der Waals surface area contributed by atoms with Crippen LogP contribution in [0.2, 0.25) is 0 Å². The molecular formula is C24H30N8O. The van der Waals surface area contributed by atoms with Crippen molar-refractivity contribution in [3.63, 3.8) is 0 Å². The van der Waals surface area contributed by atoms with Gasteiger partial charge in [-0.15, -0.1) is 0 Å². The molecule has 0 spiro atoms. The van der Waals surface area contributed by atoms with Crippen molar-refractivity contribution in [2.24, 2.45) is 0 Å². The topological polar surface area (TPSA) is 114 Å². The Labute approximate surface area is 193 Å². The van der Waals surface area contributed by atoms with Gasteiger partial charge in [-0.25, -0.2) is 9.97 Å². The zero-order valence-corrected chi connectivity index (χ0v) is 19.0. The van der Waals surface area contributed by atoms with Gasteiger partial charge in [0.1, 0.15) is 18.0 Å². The summed E-state index contributed by atoms with van der Waals surface area (Å²) in [4.78, 5) is 22.6. The first-order chi connectivity index (χ1) is 16.0. The average molecular weight is 447 g/mol. The number of carbonyl (C=O) groups excluding carboxylic acids is 1. The first-order valence-corrected chi connectivity index (χ1v) is 11.0. The summed E-state index contributed by atoms with van der Waals surface area (Å²) in [5.74, 6) is 1.03. The van der Waals surface area contributed by atoms with Crippen LogP contribution in [0.3, 0.4) is 0 Å². The number of carbonyl (C=O) groups is 1. The van der Waals surface area contributed by atoms with Crippen molar-refractivity contribution in [2.45, 2.75) is 31.5 Å². The first-order valence-electron chi connectivity index (χ1n) is 11.0. The summed E-state index contributed by atoms with van der Waals surface area (Å²) in [5.41, 5.74) is 8.99. The van der Waals surface area contributed by atoms with Gasteiger partial charge in [0, 0.05) is 36.5 Å². The van der Waals surface area contributed by atoms with E-state index in [2.05, 4.69) is 37.8 Å². The Bertz CT molecular complexity index is 1100. The monoisotopic (exact) mass is 446 g/mol. The maximum atomic E-state index is 12.0. The molecule has 0 bridgehead atoms. The molecule has 0 radical (unpaired) electrons. The number of benzene rings is 1. The Morgan fingerprint density at radius 2 is 2.00 bits per heavy atom. The van der Waals surface area contributed by atoms with Crippen LogP contribution >= 0.6 is 0 Å². The average Bonchev–Trinajstić information content (AvgIpc) is 3.20. The van der Waals surface area contributed by atoms with E-state index in [9.17, 15) is 4.79 Å². The molecular weight excluding hydrogens is 416 g/mol. The predicted molar refractivity (Wildman–Crippen MR) is 129 cm³/mol. The molecule has 9 nitrogen and oxygen atoms in total. The van der Waals surface area contributed by atoms with Crippen molar-refractivity contribution < 1.29 is 4.79 Å². The Morgan fingerprint density at radius 3 is 2.76 bits per heavy atom. The summed E-state index contributed by atoms with van der Waals surface area (Å²) in [6.07, 6.45) is 10.3. The molecule has 1 fully saturated rings. The maximum absolute atomic E-state index is 12.0. The molecule has 2 heterocycles. The number of anilines is 2. The lowest BCUT2D eigenvalue weighted by Crippen LogP contribution is -2.49. The molecule has 0 unspecified atom stereocenters. The third-order valence-electron chi connectivity index (χ3n) is 5.55. The van der Waals surface area contributed by atoms with Gasteiger partial charge in [0.05, 0.1) is 18.3 Å². The fourth-order valence-corrected chi connectivity index (χ4v) is 3.81. The minimum Gasteiger partial charge on any atom is -0.383 e. The van der Waals surface area contributed by atoms with Crippen LogP contribution in [0.25, 0.3) is 11.1 Å². The normalized spacial score (nSPS) is 17.8. The summed E-state index contributed by atoms with van der Waals surface area (Å²) in [7, 11) is 3.93. The molecule has 2 aromatic heterocycles. The van der Waals surface area contributed by atoms with Gasteiger partial charge < -0.3 is 21.3 Å². The summed E-state index contributed by atoms with van der Waals surface area (Å²) in [6, 6.07) is 10.5. The van der Waals surface area contributed by atoms with E-state index in [1.54, 1.807) is 12.3 Å². The van der Waals surface area contributed by atoms with Crippen molar-refractivity contribution in [1.29, 1.82) is 0 Å². The molecule has 3 aromatic rings. The fourth-order valence-electron chi connectivity index (χ4n) is 3.81. The van der Waals surface area contributed by atoms with Crippen LogP contribution in [-0.4, -0.2) is 63.3 Å². The van der Waals surface area contributed by atoms with E-state index in [1.807, 2.05) is 54.1 Å². The van der Waals surface area contributed by atoms with E-state index in [1.165, 1.54) is 11.9 Å². The largest absolute Gasteiger partial charge is 0.383 e. The smallest absolute Gasteiger partial charge is 0.243 e. The number of nitrogens with one attached hydrogen (secondary N) is 2. The second kappa shape index (κ2) is 10.3. The maximum Gasteiger partial charge on any atom is 0.243 e. The van der Waals surface area contributed by atoms with Gasteiger partial charge in [-0.1, -0.05) is 36.4 Å². The van der Waals surface area contributed by atoms with Crippen molar-refractivity contribution in [1.82, 2.24) is 30.0 Å². The van der Waals surface area contributed by atoms with E-state index < -0.39 is 0 Å². The van der Waals surface area contributed by atoms with Crippen molar-refractivity contribution in [3.05, 3.63) is 66.8 Å². The molecule has 1 aliphatic carbocycles. The minimum absolute atomic E-state index is 0.0573. The molecule has 0 atom stereocenters. The number of nitrogens with two attached hydrogens (primary N) is 1. The Morgan fingerprint density at radius 1 is 1.21 bits per heavy atom. The van der Waals surface area contributed by atoms with Crippen LogP contribution in [0.4, 0.5) is 11.6 Å². The molecule has 1 aliphatic rings. The zero-order valence-electron chi connectivity index (χ0n) is 19.0. The van der Waals surface area contributed by atoms with E-state index in [0.717, 1.165) is 30.5 Å². The number of amides is 1. The molecule has 1 aromatic carbocycles. The molecule has 172 valence electrons. The van der Waals surface area contributed by atoms with Gasteiger partial charge >= 0.3 is 0 Å². The Hall–Kier alpha value is -3.72. The molecule has 0 saturated heterocycles. The third-order valence-corrected chi connectivity index (χ3v) is 5.55. The van der Waals surface area contributed by atoms with Crippen molar-refractivity contribution >= 4 is 17.5 Å². The van der Waals surface area contributed by atoms with E-state index in [4.69, 9.17) is 5.73 Å². The number of likely N-dealkylation sites (N-methyl/N-ethyl adjacent to an activating group) is 1. The van der Waals surface area contributed by atoms with Crippen LogP contribution in [0.5, 0.6) is 0 Å². The summed E-state index contributed by atoms with van der Waals surface area (Å²) < 4.78 is 1.87. The quantitative estimate of drug-likeness (QED) is 0.432. The Kier molecular flexibility index (Phi) is 6.99. The third kappa shape index (κ3) is 5.95. The summed E-state index contributed by atoms with van der Waals surface area (Å²) in [6.45, 7) is 1.41. The van der Waals surface area contributed by atoms with Crippen molar-refractivity contribution in [3.8, 4) is 11.1 Å². The van der Waals surface area contributed by atoms with Gasteiger partial charge in [-0.05, 0) is 32.5 Å². The molecule has 1 saturated carbocycles. The minimum atomic E-state index is -0.0573. The van der Waals surface area contributed by atoms with Gasteiger partial charge in [-0.2, -0.15) is 5.10 Å². The highest BCUT2D eigenvalue weighted by molar-refractivity contribution is 5.88. The molecule has 1 amide bonds. The van der Waals surface area contributed by atoms with E-state index >= 15 is 0 Å². The van der Waals surface area contributed by atoms with Crippen molar-refractivity contribution in [2.75, 3.05) is 31.7 Å². The second-order valence-electron chi connectivity index (χ2n) is 8.58. The summed E-state index contributed by atoms with van der Waals surface area (Å²) in [5, 5.41) is 11.0. The zero-order chi connectivity index (χ0) is 23.2. The van der Waals surface area contributed by atoms with Crippen LogP contribution in [0, 0.1) is 0 Å². The highest BCUT2D eigenvalue weighted by Gasteiger charge is 2.31. The van der Waals surface area contributed by atoms with Gasteiger partial charge in [0.25, 0.3) is 0 Å². The fraction of sp³-hybridized carbons (Fsp3) is 0.333. The first kappa shape index (κ1) is 22.5. The lowest BCUT2D eigenvalue weighted by Gasteiger charge is -2.36. The van der Waals surface area contributed by atoms with Crippen LogP contribution in [0.1, 0.15) is 18.4 Å². The molecule has 4 rings (SSSR count). The lowest BCUT2D eigenvalue weighted by molar-refractivity contribution is -0.117. The van der Waals surface area contributed by atoms with Gasteiger partial charge in [0.15, 0.2) is 0 Å². The predicted octanol–water partition coefficient (Wildman–Crippen LogP) is 2.15. The standard InChI is InChI=1S/C24H30N8O/c1-31(2)10-6-9-21(33)29-19-11-20(12-19)30-24-22(23(25)26-16-27-24)18-13-28-32(15-18)14-17-7-4-3-5-8-17/h3-9,13,15-16,19-20H,10-12,14H2,1-2H3,(H,29,33)(H3,25,26,27,30)/b9-6+. The van der Waals surface area contributed by atoms with E-state index in [0.29, 0.717) is 18.2 Å². The lowest BCUT2D eigenvalue weighted by atomic mass is 9.86. The number of rotatable bonds is 9. The SMILES string of the molecule is CN(C)C/C=C/C(=O)NC1CC(Nc2ncnc(N)c2-c2cnn(Cc3ccccc3)c2)C1. The number of hydrogen-bond donors (Lipinski definition) is 3. The van der Waals surface area contributed by atoms with Gasteiger partial charge in [-0.3, -0.25) is 9.48 Å². The van der Waals surface area contributed by atoms with E-state index in [-0.39, 0.29) is 18.0 Å². The number of nitrogen functional groups attached to an aromatic ring is 1. The number of nitrogens with zero attached hydrogens (tertiary/aromatic N) is 5. The highest BCUT2D eigenvalue weighted by atomic mass is 16.1. The molecule has 33 heavy (non-hydrogen) atoms. The van der Waals surface area contributed by atoms with Crippen LogP contribution in [0.15, 0.2) is 61.2 Å².